The molecule has 0 bridgehead atoms. The number of amides is 4. The summed E-state index contributed by atoms with van der Waals surface area (Å²) in [4.78, 5) is 68.7. The van der Waals surface area contributed by atoms with Crippen molar-refractivity contribution in [2.24, 2.45) is 10.9 Å². The summed E-state index contributed by atoms with van der Waals surface area (Å²) in [6, 6.07) is 12.2. The second-order valence-electron chi connectivity index (χ2n) is 16.8. The Morgan fingerprint density at radius 2 is 1.52 bits per heavy atom. The molecule has 316 valence electrons. The lowest BCUT2D eigenvalue weighted by molar-refractivity contribution is -0.138. The van der Waals surface area contributed by atoms with Crippen LogP contribution >= 0.6 is 0 Å². The molecule has 0 radical (unpaired) electrons. The van der Waals surface area contributed by atoms with Crippen molar-refractivity contribution >= 4 is 46.2 Å². The fourth-order valence-corrected chi connectivity index (χ4v) is 9.44. The van der Waals surface area contributed by atoms with E-state index in [1.165, 1.54) is 21.1 Å². The van der Waals surface area contributed by atoms with Gasteiger partial charge in [0.2, 0.25) is 11.8 Å². The van der Waals surface area contributed by atoms with Gasteiger partial charge in [0, 0.05) is 29.8 Å². The van der Waals surface area contributed by atoms with Crippen LogP contribution in [0.25, 0.3) is 33.2 Å². The fraction of sp³-hybridized carbons (Fsp3) is 0.467. The Bertz CT molecular complexity index is 2390. The second-order valence-corrected chi connectivity index (χ2v) is 16.8. The summed E-state index contributed by atoms with van der Waals surface area (Å²) in [6.07, 6.45) is 2.92. The van der Waals surface area contributed by atoms with E-state index in [2.05, 4.69) is 52.0 Å². The molecule has 3 aromatic carbocycles. The molecule has 1 aromatic heterocycles. The summed E-state index contributed by atoms with van der Waals surface area (Å²) in [5.74, 6) is 0.843. The van der Waals surface area contributed by atoms with Gasteiger partial charge < -0.3 is 44.7 Å². The number of methoxy groups -OCH3 is 2. The van der Waals surface area contributed by atoms with Gasteiger partial charge in [0.05, 0.1) is 50.0 Å². The number of alkyl carbamates (subject to hydrolysis) is 2. The molecule has 2 saturated heterocycles. The maximum Gasteiger partial charge on any atom is 0.407 e. The number of aliphatic imine (C=N–C) groups is 1. The third kappa shape index (κ3) is 7.33. The Kier molecular flexibility index (Phi) is 11.0. The van der Waals surface area contributed by atoms with E-state index in [1.807, 2.05) is 44.9 Å². The first-order chi connectivity index (χ1) is 28.8. The van der Waals surface area contributed by atoms with Crippen LogP contribution in [0, 0.1) is 5.92 Å². The molecule has 0 unspecified atom stereocenters. The molecule has 4 aliphatic heterocycles. The van der Waals surface area contributed by atoms with Crippen LogP contribution in [-0.4, -0.2) is 105 Å². The molecule has 4 aromatic rings. The molecular formula is C45H53N7O8. The molecule has 0 aliphatic carbocycles. The average molecular weight is 820 g/mol. The van der Waals surface area contributed by atoms with Gasteiger partial charge in [-0.3, -0.25) is 14.6 Å². The van der Waals surface area contributed by atoms with Crippen molar-refractivity contribution in [1.29, 1.82) is 0 Å². The van der Waals surface area contributed by atoms with Gasteiger partial charge in [-0.25, -0.2) is 14.6 Å². The lowest BCUT2D eigenvalue weighted by atomic mass is 9.91. The Labute approximate surface area is 348 Å². The SMILES string of the molecule is COC(=O)N[C@H](C(=O)N1[C@@H](C)CC[C@H]1c1ncc(-c2ccc3c(c2)COc2cc4c5c(ccc4cc2-3)N=C([C@@H]2CC[C@H](C)N2C(=O)[C@@H](NC(=O)OC)[C@@H](C)O)C5)[nH]1)C(C)C. The van der Waals surface area contributed by atoms with E-state index in [-0.39, 0.29) is 41.9 Å². The molecule has 0 saturated carbocycles. The summed E-state index contributed by atoms with van der Waals surface area (Å²) in [5.41, 5.74) is 7.73. The Hall–Kier alpha value is -5.96. The minimum Gasteiger partial charge on any atom is -0.488 e. The Balaban J connectivity index is 1.01. The lowest BCUT2D eigenvalue weighted by Gasteiger charge is -2.33. The van der Waals surface area contributed by atoms with E-state index in [9.17, 15) is 24.3 Å². The minimum atomic E-state index is -1.14. The predicted octanol–water partition coefficient (Wildman–Crippen LogP) is 6.34. The van der Waals surface area contributed by atoms with E-state index < -0.39 is 30.4 Å². The van der Waals surface area contributed by atoms with Crippen molar-refractivity contribution in [3.8, 4) is 28.1 Å². The number of aliphatic hydroxyl groups is 1. The zero-order chi connectivity index (χ0) is 42.6. The Morgan fingerprint density at radius 3 is 2.20 bits per heavy atom. The number of carbonyl (C=O) groups is 4. The quantitative estimate of drug-likeness (QED) is 0.150. The molecule has 5 heterocycles. The number of fused-ring (bicyclic) bond motifs is 6. The number of nitrogens with zero attached hydrogens (tertiary/aromatic N) is 4. The largest absolute Gasteiger partial charge is 0.488 e. The standard InChI is InChI=1S/C45H53N7O8/c1-22(2)39(49-44(56)58-6)42(54)52-24(4)9-15-37(52)41-46-20-35(48-41)27-10-12-29-28(16-27)21-60-38-19-30-26(17-32(29)38)11-13-33-31(30)18-34(47-33)36-14-8-23(3)51(36)43(55)40(25(5)53)50-45(57)59-7/h10-13,16-17,19-20,22-25,36-37,39-40,53H,8-9,14-15,18,21H2,1-7H3,(H,46,48)(H,49,56)(H,50,57)/t23-,24-,25+,36-,37-,39-,40-/m0/s1. The van der Waals surface area contributed by atoms with Gasteiger partial charge in [0.1, 0.15) is 30.3 Å². The highest BCUT2D eigenvalue weighted by Gasteiger charge is 2.44. The molecule has 15 heteroatoms. The topological polar surface area (TPSA) is 188 Å². The number of carbonyl (C=O) groups excluding carboxylic acids is 4. The summed E-state index contributed by atoms with van der Waals surface area (Å²) >= 11 is 0. The predicted molar refractivity (Wildman–Crippen MR) is 225 cm³/mol. The van der Waals surface area contributed by atoms with E-state index in [1.54, 1.807) is 4.90 Å². The summed E-state index contributed by atoms with van der Waals surface area (Å²) in [5, 5.41) is 17.8. The summed E-state index contributed by atoms with van der Waals surface area (Å²) in [7, 11) is 2.51. The first-order valence-corrected chi connectivity index (χ1v) is 20.8. The number of aromatic amines is 1. The molecule has 4 N–H and O–H groups in total. The number of likely N-dealkylation sites (tertiary alicyclic amines) is 2. The zero-order valence-electron chi connectivity index (χ0n) is 35.1. The molecule has 60 heavy (non-hydrogen) atoms. The third-order valence-corrected chi connectivity index (χ3v) is 12.7. The van der Waals surface area contributed by atoms with Gasteiger partial charge in [0.15, 0.2) is 0 Å². The Morgan fingerprint density at radius 1 is 0.850 bits per heavy atom. The number of hydrogen-bond acceptors (Lipinski definition) is 10. The van der Waals surface area contributed by atoms with Crippen molar-refractivity contribution in [3.05, 3.63) is 65.6 Å². The molecule has 15 nitrogen and oxygen atoms in total. The van der Waals surface area contributed by atoms with Gasteiger partial charge in [-0.1, -0.05) is 32.0 Å². The molecule has 7 atom stereocenters. The monoisotopic (exact) mass is 819 g/mol. The van der Waals surface area contributed by atoms with Crippen LogP contribution in [0.2, 0.25) is 0 Å². The van der Waals surface area contributed by atoms with E-state index in [4.69, 9.17) is 24.2 Å². The van der Waals surface area contributed by atoms with Crippen molar-refractivity contribution in [2.75, 3.05) is 14.2 Å². The van der Waals surface area contributed by atoms with Crippen LogP contribution in [-0.2, 0) is 32.1 Å². The number of hydrogen-bond donors (Lipinski definition) is 4. The highest BCUT2D eigenvalue weighted by Crippen LogP contribution is 2.45. The number of benzene rings is 3. The summed E-state index contributed by atoms with van der Waals surface area (Å²) in [6.45, 7) is 9.67. The normalized spacial score (nSPS) is 22.0. The van der Waals surface area contributed by atoms with Gasteiger partial charge >= 0.3 is 12.2 Å². The molecule has 0 spiro atoms. The van der Waals surface area contributed by atoms with Crippen LogP contribution in [0.3, 0.4) is 0 Å². The van der Waals surface area contributed by atoms with Crippen LogP contribution in [0.4, 0.5) is 15.3 Å². The maximum absolute atomic E-state index is 13.9. The molecule has 8 rings (SSSR count). The number of imidazole rings is 1. The maximum atomic E-state index is 13.9. The number of aliphatic hydroxyl groups excluding tert-OH is 1. The first-order valence-electron chi connectivity index (χ1n) is 20.8. The number of aromatic nitrogens is 2. The number of H-pyrrole nitrogens is 1. The van der Waals surface area contributed by atoms with Gasteiger partial charge in [-0.15, -0.1) is 0 Å². The molecule has 2 fully saturated rings. The molecule has 4 aliphatic rings. The average Bonchev–Trinajstić information content (AvgIpc) is 4.06. The number of ether oxygens (including phenoxy) is 3. The minimum absolute atomic E-state index is 0.0192. The fourth-order valence-electron chi connectivity index (χ4n) is 9.44. The second kappa shape index (κ2) is 16.2. The van der Waals surface area contributed by atoms with Crippen LogP contribution in [0.1, 0.15) is 83.3 Å². The van der Waals surface area contributed by atoms with Crippen molar-refractivity contribution in [2.45, 2.75) is 116 Å². The van der Waals surface area contributed by atoms with Gasteiger partial charge in [-0.2, -0.15) is 0 Å². The van der Waals surface area contributed by atoms with E-state index >= 15 is 0 Å². The number of nitrogens with one attached hydrogen (secondary N) is 3. The highest BCUT2D eigenvalue weighted by atomic mass is 16.5. The highest BCUT2D eigenvalue weighted by molar-refractivity contribution is 6.06. The zero-order valence-corrected chi connectivity index (χ0v) is 35.1. The summed E-state index contributed by atoms with van der Waals surface area (Å²) < 4.78 is 16.0. The van der Waals surface area contributed by atoms with Crippen molar-refractivity contribution in [3.63, 3.8) is 0 Å². The number of rotatable bonds is 9. The van der Waals surface area contributed by atoms with E-state index in [0.717, 1.165) is 87.1 Å². The van der Waals surface area contributed by atoms with Crippen LogP contribution in [0.5, 0.6) is 5.75 Å². The van der Waals surface area contributed by atoms with Crippen molar-refractivity contribution in [1.82, 2.24) is 30.4 Å². The van der Waals surface area contributed by atoms with Gasteiger partial charge in [0.25, 0.3) is 0 Å². The van der Waals surface area contributed by atoms with Crippen molar-refractivity contribution < 1.29 is 38.5 Å². The van der Waals surface area contributed by atoms with Gasteiger partial charge in [-0.05, 0) is 110 Å². The van der Waals surface area contributed by atoms with Crippen LogP contribution < -0.4 is 15.4 Å². The smallest absolute Gasteiger partial charge is 0.407 e. The molecular weight excluding hydrogens is 767 g/mol. The molecule has 4 amide bonds. The van der Waals surface area contributed by atoms with Crippen LogP contribution in [0.15, 0.2) is 53.7 Å². The lowest BCUT2D eigenvalue weighted by Crippen LogP contribution is -2.57. The van der Waals surface area contributed by atoms with E-state index in [0.29, 0.717) is 18.9 Å². The first kappa shape index (κ1) is 40.8. The third-order valence-electron chi connectivity index (χ3n) is 12.7.